The summed E-state index contributed by atoms with van der Waals surface area (Å²) in [6.45, 7) is 3.97. The second-order valence-corrected chi connectivity index (χ2v) is 9.92. The van der Waals surface area contributed by atoms with E-state index < -0.39 is 6.04 Å². The minimum Gasteiger partial charge on any atom is -0.496 e. The highest BCUT2D eigenvalue weighted by atomic mass is 79.9. The highest BCUT2D eigenvalue weighted by Gasteiger charge is 2.31. The third-order valence-corrected chi connectivity index (χ3v) is 6.75. The quantitative estimate of drug-likeness (QED) is 0.292. The van der Waals surface area contributed by atoms with Gasteiger partial charge in [0, 0.05) is 41.7 Å². The van der Waals surface area contributed by atoms with Crippen LogP contribution in [0, 0.1) is 0 Å². The standard InChI is InChI=1S/C30H35BrN2O5/c1-5-21(2)32-30(35)28(15-22-9-7-6-8-10-22)33(19-23-11-13-24(31)14-12-23)29(34)20-38-27-17-25(36-3)16-26(18-27)37-4/h6-14,16-18,21,28H,5,15,19-20H2,1-4H3,(H,32,35)/t21-,28-/m1/s1. The number of ether oxygens (including phenoxy) is 3. The summed E-state index contributed by atoms with van der Waals surface area (Å²) >= 11 is 3.46. The van der Waals surface area contributed by atoms with E-state index in [1.165, 1.54) is 0 Å². The average molecular weight is 584 g/mol. The summed E-state index contributed by atoms with van der Waals surface area (Å²) in [5.41, 5.74) is 1.86. The predicted molar refractivity (Wildman–Crippen MR) is 152 cm³/mol. The van der Waals surface area contributed by atoms with E-state index in [1.807, 2.05) is 68.4 Å². The van der Waals surface area contributed by atoms with Crippen LogP contribution >= 0.6 is 15.9 Å². The van der Waals surface area contributed by atoms with Gasteiger partial charge in [-0.15, -0.1) is 0 Å². The van der Waals surface area contributed by atoms with E-state index in [4.69, 9.17) is 14.2 Å². The summed E-state index contributed by atoms with van der Waals surface area (Å²) < 4.78 is 17.4. The second-order valence-electron chi connectivity index (χ2n) is 9.01. The molecule has 3 rings (SSSR count). The van der Waals surface area contributed by atoms with Gasteiger partial charge in [-0.2, -0.15) is 0 Å². The molecular formula is C30H35BrN2O5. The highest BCUT2D eigenvalue weighted by Crippen LogP contribution is 2.27. The zero-order chi connectivity index (χ0) is 27.5. The number of methoxy groups -OCH3 is 2. The topological polar surface area (TPSA) is 77.1 Å². The van der Waals surface area contributed by atoms with Gasteiger partial charge in [-0.3, -0.25) is 9.59 Å². The zero-order valence-electron chi connectivity index (χ0n) is 22.3. The fraction of sp³-hybridized carbons (Fsp3) is 0.333. The Kier molecular flexibility index (Phi) is 11.0. The van der Waals surface area contributed by atoms with Crippen LogP contribution in [0.2, 0.25) is 0 Å². The highest BCUT2D eigenvalue weighted by molar-refractivity contribution is 9.10. The van der Waals surface area contributed by atoms with E-state index >= 15 is 0 Å². The molecule has 0 fully saturated rings. The van der Waals surface area contributed by atoms with Gasteiger partial charge in [-0.1, -0.05) is 65.3 Å². The van der Waals surface area contributed by atoms with Crippen molar-refractivity contribution in [3.05, 3.63) is 88.4 Å². The van der Waals surface area contributed by atoms with Gasteiger partial charge in [-0.25, -0.2) is 0 Å². The van der Waals surface area contributed by atoms with Crippen molar-refractivity contribution >= 4 is 27.7 Å². The summed E-state index contributed by atoms with van der Waals surface area (Å²) in [4.78, 5) is 28.9. The first-order valence-corrected chi connectivity index (χ1v) is 13.4. The normalized spacial score (nSPS) is 12.2. The lowest BCUT2D eigenvalue weighted by Crippen LogP contribution is -2.53. The van der Waals surface area contributed by atoms with Crippen LogP contribution in [0.5, 0.6) is 17.2 Å². The Bertz CT molecular complexity index is 1160. The molecule has 8 heteroatoms. The molecule has 0 aliphatic rings. The van der Waals surface area contributed by atoms with Crippen LogP contribution < -0.4 is 19.5 Å². The van der Waals surface area contributed by atoms with Crippen LogP contribution in [-0.2, 0) is 22.6 Å². The number of halogens is 1. The fourth-order valence-corrected chi connectivity index (χ4v) is 4.14. The minimum absolute atomic E-state index is 0.0223. The number of amides is 2. The smallest absolute Gasteiger partial charge is 0.261 e. The molecule has 0 saturated heterocycles. The van der Waals surface area contributed by atoms with Gasteiger partial charge in [0.15, 0.2) is 6.61 Å². The lowest BCUT2D eigenvalue weighted by Gasteiger charge is -2.32. The molecule has 38 heavy (non-hydrogen) atoms. The average Bonchev–Trinajstić information content (AvgIpc) is 2.94. The van der Waals surface area contributed by atoms with Crippen molar-refractivity contribution < 1.29 is 23.8 Å². The van der Waals surface area contributed by atoms with Crippen LogP contribution in [0.3, 0.4) is 0 Å². The molecule has 3 aromatic carbocycles. The Hall–Kier alpha value is -3.52. The lowest BCUT2D eigenvalue weighted by molar-refractivity contribution is -0.143. The number of hydrogen-bond donors (Lipinski definition) is 1. The SMILES string of the molecule is CC[C@@H](C)NC(=O)[C@@H](Cc1ccccc1)N(Cc1ccc(Br)cc1)C(=O)COc1cc(OC)cc(OC)c1. The molecule has 0 aromatic heterocycles. The molecule has 0 bridgehead atoms. The van der Waals surface area contributed by atoms with Gasteiger partial charge in [0.05, 0.1) is 14.2 Å². The monoisotopic (exact) mass is 582 g/mol. The second kappa shape index (κ2) is 14.4. The molecule has 2 atom stereocenters. The lowest BCUT2D eigenvalue weighted by atomic mass is 10.0. The maximum atomic E-state index is 13.7. The Balaban J connectivity index is 1.92. The molecule has 2 amide bonds. The molecule has 1 N–H and O–H groups in total. The Morgan fingerprint density at radius 2 is 1.50 bits per heavy atom. The van der Waals surface area contributed by atoms with E-state index in [-0.39, 0.29) is 31.0 Å². The van der Waals surface area contributed by atoms with Crippen molar-refractivity contribution in [1.29, 1.82) is 0 Å². The molecule has 0 radical (unpaired) electrons. The summed E-state index contributed by atoms with van der Waals surface area (Å²) in [5, 5.41) is 3.07. The number of benzene rings is 3. The number of rotatable bonds is 13. The third-order valence-electron chi connectivity index (χ3n) is 6.23. The van der Waals surface area contributed by atoms with Gasteiger partial charge in [0.2, 0.25) is 5.91 Å². The van der Waals surface area contributed by atoms with Crippen LogP contribution in [-0.4, -0.2) is 49.6 Å². The number of carbonyl (C=O) groups excluding carboxylic acids is 2. The first-order valence-electron chi connectivity index (χ1n) is 12.6. The van der Waals surface area contributed by atoms with Gasteiger partial charge in [0.1, 0.15) is 23.3 Å². The molecule has 0 aliphatic heterocycles. The minimum atomic E-state index is -0.731. The molecule has 202 valence electrons. The molecule has 0 unspecified atom stereocenters. The fourth-order valence-electron chi connectivity index (χ4n) is 3.87. The summed E-state index contributed by atoms with van der Waals surface area (Å²) in [6, 6.07) is 21.8. The molecule has 0 spiro atoms. The number of carbonyl (C=O) groups is 2. The zero-order valence-corrected chi connectivity index (χ0v) is 23.9. The van der Waals surface area contributed by atoms with E-state index in [1.54, 1.807) is 37.3 Å². The van der Waals surface area contributed by atoms with Gasteiger partial charge >= 0.3 is 0 Å². The van der Waals surface area contributed by atoms with Crippen LogP contribution in [0.4, 0.5) is 0 Å². The van der Waals surface area contributed by atoms with Gasteiger partial charge < -0.3 is 24.4 Å². The van der Waals surface area contributed by atoms with E-state index in [0.717, 1.165) is 22.0 Å². The van der Waals surface area contributed by atoms with Gasteiger partial charge in [0.25, 0.3) is 5.91 Å². The van der Waals surface area contributed by atoms with Crippen molar-refractivity contribution in [1.82, 2.24) is 10.2 Å². The largest absolute Gasteiger partial charge is 0.496 e. The van der Waals surface area contributed by atoms with Crippen LogP contribution in [0.1, 0.15) is 31.4 Å². The summed E-state index contributed by atoms with van der Waals surface area (Å²) in [5.74, 6) is 1.02. The molecule has 3 aromatic rings. The Labute approximate surface area is 233 Å². The molecule has 0 aliphatic carbocycles. The molecular weight excluding hydrogens is 548 g/mol. The van der Waals surface area contributed by atoms with E-state index in [2.05, 4.69) is 21.2 Å². The Morgan fingerprint density at radius 1 is 0.895 bits per heavy atom. The van der Waals surface area contributed by atoms with Crippen molar-refractivity contribution in [3.8, 4) is 17.2 Å². The molecule has 0 heterocycles. The molecule has 7 nitrogen and oxygen atoms in total. The maximum absolute atomic E-state index is 13.7. The number of hydrogen-bond acceptors (Lipinski definition) is 5. The van der Waals surface area contributed by atoms with Crippen molar-refractivity contribution in [2.24, 2.45) is 0 Å². The van der Waals surface area contributed by atoms with Crippen LogP contribution in [0.25, 0.3) is 0 Å². The van der Waals surface area contributed by atoms with E-state index in [0.29, 0.717) is 23.7 Å². The first kappa shape index (κ1) is 29.0. The predicted octanol–water partition coefficient (Wildman–Crippen LogP) is 5.40. The number of nitrogens with zero attached hydrogens (tertiary/aromatic N) is 1. The summed E-state index contributed by atoms with van der Waals surface area (Å²) in [7, 11) is 3.10. The van der Waals surface area contributed by atoms with Crippen molar-refractivity contribution in [3.63, 3.8) is 0 Å². The Morgan fingerprint density at radius 3 is 2.08 bits per heavy atom. The van der Waals surface area contributed by atoms with Gasteiger partial charge in [-0.05, 0) is 36.6 Å². The van der Waals surface area contributed by atoms with E-state index in [9.17, 15) is 9.59 Å². The summed E-state index contributed by atoms with van der Waals surface area (Å²) in [6.07, 6.45) is 1.16. The van der Waals surface area contributed by atoms with Crippen molar-refractivity contribution in [2.45, 2.75) is 45.3 Å². The first-order chi connectivity index (χ1) is 18.3. The third kappa shape index (κ3) is 8.52. The maximum Gasteiger partial charge on any atom is 0.261 e. The van der Waals surface area contributed by atoms with Crippen LogP contribution in [0.15, 0.2) is 77.3 Å². The number of nitrogens with one attached hydrogen (secondary N) is 1. The molecule has 0 saturated carbocycles. The van der Waals surface area contributed by atoms with Crippen molar-refractivity contribution in [2.75, 3.05) is 20.8 Å².